The monoisotopic (exact) mass is 476 g/mol. The van der Waals surface area contributed by atoms with Gasteiger partial charge >= 0.3 is 6.18 Å². The summed E-state index contributed by atoms with van der Waals surface area (Å²) in [6, 6.07) is 4.94. The number of carbonyl (C=O) groups is 1. The zero-order chi connectivity index (χ0) is 23.9. The van der Waals surface area contributed by atoms with E-state index < -0.39 is 40.7 Å². The lowest BCUT2D eigenvalue weighted by molar-refractivity contribution is -0.138. The van der Waals surface area contributed by atoms with Gasteiger partial charge in [0.05, 0.1) is 73.3 Å². The fourth-order valence-electron chi connectivity index (χ4n) is 6.43. The summed E-state index contributed by atoms with van der Waals surface area (Å²) < 4.78 is 58.8. The molecule has 5 aliphatic rings. The van der Waals surface area contributed by atoms with Crippen molar-refractivity contribution in [1.82, 2.24) is 5.01 Å². The fraction of sp³-hybridized carbons (Fsp3) is 0.609. The SMILES string of the molecule is C[C@@]12CC(=NN3CCOCC3)[C@]3(CCO[C@H]4[C@@H]3[C@@H]1C(=O)N4c1ccc(C#N)c(C(F)(F)F)c1)O2. The van der Waals surface area contributed by atoms with Gasteiger partial charge in [0.15, 0.2) is 0 Å². The molecule has 1 amide bonds. The molecule has 0 N–H and O–H groups in total. The zero-order valence-electron chi connectivity index (χ0n) is 18.5. The van der Waals surface area contributed by atoms with Gasteiger partial charge in [0.25, 0.3) is 0 Å². The van der Waals surface area contributed by atoms with E-state index in [1.54, 1.807) is 6.07 Å². The summed E-state index contributed by atoms with van der Waals surface area (Å²) in [6.45, 7) is 4.69. The molecule has 5 saturated heterocycles. The summed E-state index contributed by atoms with van der Waals surface area (Å²) >= 11 is 0. The lowest BCUT2D eigenvalue weighted by Crippen LogP contribution is -2.55. The Bertz CT molecular complexity index is 1130. The van der Waals surface area contributed by atoms with E-state index in [0.29, 0.717) is 39.1 Å². The molecule has 5 heterocycles. The number of benzene rings is 1. The van der Waals surface area contributed by atoms with E-state index in [2.05, 4.69) is 0 Å². The summed E-state index contributed by atoms with van der Waals surface area (Å²) in [4.78, 5) is 15.0. The van der Waals surface area contributed by atoms with Gasteiger partial charge in [-0.05, 0) is 25.1 Å². The molecule has 34 heavy (non-hydrogen) atoms. The van der Waals surface area contributed by atoms with E-state index in [4.69, 9.17) is 24.6 Å². The highest BCUT2D eigenvalue weighted by Crippen LogP contribution is 2.64. The normalized spacial score (nSPS) is 37.9. The highest BCUT2D eigenvalue weighted by molar-refractivity contribution is 6.06. The summed E-state index contributed by atoms with van der Waals surface area (Å²) in [5.41, 5.74) is -2.21. The number of halogens is 3. The van der Waals surface area contributed by atoms with E-state index in [-0.39, 0.29) is 24.1 Å². The number of morpholine rings is 1. The van der Waals surface area contributed by atoms with E-state index in [0.717, 1.165) is 17.8 Å². The van der Waals surface area contributed by atoms with Crippen LogP contribution in [0.5, 0.6) is 0 Å². The second-order valence-electron chi connectivity index (χ2n) is 9.66. The largest absolute Gasteiger partial charge is 0.417 e. The number of ether oxygens (including phenoxy) is 3. The minimum Gasteiger partial charge on any atom is -0.378 e. The van der Waals surface area contributed by atoms with Crippen LogP contribution in [0.25, 0.3) is 0 Å². The minimum atomic E-state index is -4.72. The standard InChI is InChI=1S/C23H23F3N4O4/c1-21-11-16(28-29-5-8-32-9-6-29)22(34-21)4-7-33-20-18(22)17(21)19(31)30(20)14-3-2-13(12-27)15(10-14)23(24,25)26/h2-3,10,17-18,20H,4-9,11H2,1H3/t17-,18+,20+,21-,22+/m1/s1. The Balaban J connectivity index is 1.41. The van der Waals surface area contributed by atoms with Crippen LogP contribution >= 0.6 is 0 Å². The van der Waals surface area contributed by atoms with Gasteiger partial charge in [-0.25, -0.2) is 0 Å². The Morgan fingerprint density at radius 1 is 1.24 bits per heavy atom. The first kappa shape index (κ1) is 21.8. The molecule has 2 bridgehead atoms. The molecule has 5 aliphatic heterocycles. The molecule has 1 aromatic rings. The number of nitriles is 1. The van der Waals surface area contributed by atoms with Crippen molar-refractivity contribution in [2.45, 2.75) is 43.4 Å². The molecule has 0 radical (unpaired) electrons. The molecule has 5 atom stereocenters. The number of amides is 1. The van der Waals surface area contributed by atoms with Crippen molar-refractivity contribution in [3.63, 3.8) is 0 Å². The lowest BCUT2D eigenvalue weighted by atomic mass is 9.65. The number of hydrogen-bond donors (Lipinski definition) is 0. The Morgan fingerprint density at radius 3 is 2.71 bits per heavy atom. The van der Waals surface area contributed by atoms with Gasteiger partial charge in [0, 0.05) is 18.5 Å². The predicted molar refractivity (Wildman–Crippen MR) is 112 cm³/mol. The van der Waals surface area contributed by atoms with Crippen LogP contribution in [0.1, 0.15) is 30.9 Å². The van der Waals surface area contributed by atoms with Gasteiger partial charge in [-0.3, -0.25) is 14.7 Å². The van der Waals surface area contributed by atoms with Crippen molar-refractivity contribution in [3.8, 4) is 6.07 Å². The molecule has 0 saturated carbocycles. The highest BCUT2D eigenvalue weighted by atomic mass is 19.4. The zero-order valence-corrected chi connectivity index (χ0v) is 18.5. The first-order chi connectivity index (χ1) is 16.2. The van der Waals surface area contributed by atoms with Crippen LogP contribution in [-0.2, 0) is 25.2 Å². The maximum Gasteiger partial charge on any atom is 0.417 e. The van der Waals surface area contributed by atoms with Gasteiger partial charge in [0.2, 0.25) is 5.91 Å². The summed E-state index contributed by atoms with van der Waals surface area (Å²) in [5, 5.41) is 16.0. The molecule has 1 aromatic carbocycles. The molecule has 0 aliphatic carbocycles. The van der Waals surface area contributed by atoms with Crippen LogP contribution in [0.2, 0.25) is 0 Å². The van der Waals surface area contributed by atoms with Crippen LogP contribution in [0.15, 0.2) is 23.3 Å². The van der Waals surface area contributed by atoms with Gasteiger partial charge in [-0.1, -0.05) is 0 Å². The maximum absolute atomic E-state index is 13.7. The molecule has 8 nitrogen and oxygen atoms in total. The van der Waals surface area contributed by atoms with E-state index >= 15 is 0 Å². The Kier molecular flexibility index (Phi) is 4.60. The van der Waals surface area contributed by atoms with Crippen molar-refractivity contribution >= 4 is 17.3 Å². The topological polar surface area (TPSA) is 87.4 Å². The van der Waals surface area contributed by atoms with Crippen LogP contribution in [-0.4, -0.2) is 67.0 Å². The fourth-order valence-corrected chi connectivity index (χ4v) is 6.43. The molecule has 0 aromatic heterocycles. The van der Waals surface area contributed by atoms with Crippen LogP contribution < -0.4 is 4.90 Å². The number of nitrogens with zero attached hydrogens (tertiary/aromatic N) is 4. The van der Waals surface area contributed by atoms with Crippen LogP contribution in [0.4, 0.5) is 18.9 Å². The third-order valence-electron chi connectivity index (χ3n) is 7.76. The van der Waals surface area contributed by atoms with Gasteiger partial charge in [0.1, 0.15) is 11.8 Å². The number of rotatable bonds is 2. The highest BCUT2D eigenvalue weighted by Gasteiger charge is 2.77. The number of hydrazone groups is 1. The molecular weight excluding hydrogens is 453 g/mol. The van der Waals surface area contributed by atoms with E-state index in [1.807, 2.05) is 11.9 Å². The van der Waals surface area contributed by atoms with Crippen molar-refractivity contribution in [3.05, 3.63) is 29.3 Å². The first-order valence-corrected chi connectivity index (χ1v) is 11.3. The average Bonchev–Trinajstić information content (AvgIpc) is 3.37. The van der Waals surface area contributed by atoms with Crippen molar-refractivity contribution in [2.75, 3.05) is 37.8 Å². The Hall–Kier alpha value is -2.68. The third kappa shape index (κ3) is 2.88. The van der Waals surface area contributed by atoms with Crippen molar-refractivity contribution in [1.29, 1.82) is 5.26 Å². The molecule has 180 valence electrons. The van der Waals surface area contributed by atoms with Gasteiger partial charge in [-0.2, -0.15) is 23.5 Å². The smallest absolute Gasteiger partial charge is 0.378 e. The minimum absolute atomic E-state index is 0.0717. The van der Waals surface area contributed by atoms with Gasteiger partial charge in [-0.15, -0.1) is 0 Å². The average molecular weight is 476 g/mol. The third-order valence-corrected chi connectivity index (χ3v) is 7.76. The van der Waals surface area contributed by atoms with Crippen molar-refractivity contribution < 1.29 is 32.2 Å². The second kappa shape index (κ2) is 7.16. The molecule has 5 fully saturated rings. The first-order valence-electron chi connectivity index (χ1n) is 11.3. The van der Waals surface area contributed by atoms with Gasteiger partial charge < -0.3 is 14.2 Å². The molecule has 6 rings (SSSR count). The quantitative estimate of drug-likeness (QED) is 0.652. The number of hydrogen-bond acceptors (Lipinski definition) is 7. The Morgan fingerprint density at radius 2 is 2.00 bits per heavy atom. The number of fused-ring (bicyclic) bond motifs is 2. The molecule has 0 unspecified atom stereocenters. The predicted octanol–water partition coefficient (Wildman–Crippen LogP) is 2.52. The number of alkyl halides is 3. The van der Waals surface area contributed by atoms with E-state index in [1.165, 1.54) is 11.0 Å². The summed E-state index contributed by atoms with van der Waals surface area (Å²) in [7, 11) is 0. The van der Waals surface area contributed by atoms with Crippen molar-refractivity contribution in [2.24, 2.45) is 16.9 Å². The maximum atomic E-state index is 13.7. The van der Waals surface area contributed by atoms with E-state index in [9.17, 15) is 18.0 Å². The summed E-state index contributed by atoms with van der Waals surface area (Å²) in [6.07, 6.45) is -4.47. The molecular formula is C23H23F3N4O4. The van der Waals surface area contributed by atoms with Crippen LogP contribution in [0, 0.1) is 23.2 Å². The molecule has 1 spiro atoms. The number of carbonyl (C=O) groups excluding carboxylic acids is 1. The summed E-state index contributed by atoms with van der Waals surface area (Å²) in [5.74, 6) is -1.24. The molecule has 11 heteroatoms. The van der Waals surface area contributed by atoms with Crippen LogP contribution in [0.3, 0.4) is 0 Å². The lowest BCUT2D eigenvalue weighted by Gasteiger charge is -2.42. The number of anilines is 1. The second-order valence-corrected chi connectivity index (χ2v) is 9.66. The Labute approximate surface area is 193 Å².